The zero-order valence-electron chi connectivity index (χ0n) is 14.6. The average Bonchev–Trinajstić information content (AvgIpc) is 3.32. The number of carbonyl (C=O) groups is 1. The summed E-state index contributed by atoms with van der Waals surface area (Å²) < 4.78 is 7.17. The van der Waals surface area contributed by atoms with Crippen LogP contribution in [-0.4, -0.2) is 52.0 Å². The number of rotatable bonds is 7. The molecule has 0 bridgehead atoms. The fourth-order valence-electron chi connectivity index (χ4n) is 2.95. The zero-order valence-corrected chi connectivity index (χ0v) is 14.6. The summed E-state index contributed by atoms with van der Waals surface area (Å²) in [5, 5.41) is 7.11. The zero-order chi connectivity index (χ0) is 17.5. The van der Waals surface area contributed by atoms with E-state index in [1.165, 1.54) is 6.33 Å². The van der Waals surface area contributed by atoms with Gasteiger partial charge in [-0.3, -0.25) is 0 Å². The highest BCUT2D eigenvalue weighted by Crippen LogP contribution is 2.14. The van der Waals surface area contributed by atoms with E-state index in [0.717, 1.165) is 37.3 Å². The van der Waals surface area contributed by atoms with Gasteiger partial charge in [-0.15, -0.1) is 0 Å². The van der Waals surface area contributed by atoms with Crippen molar-refractivity contribution in [3.8, 4) is 0 Å². The Morgan fingerprint density at radius 2 is 2.16 bits per heavy atom. The Morgan fingerprint density at radius 1 is 1.36 bits per heavy atom. The van der Waals surface area contributed by atoms with E-state index < -0.39 is 0 Å². The highest BCUT2D eigenvalue weighted by atomic mass is 16.5. The van der Waals surface area contributed by atoms with Crippen molar-refractivity contribution in [1.29, 1.82) is 0 Å². The summed E-state index contributed by atoms with van der Waals surface area (Å²) in [6, 6.07) is 8.16. The molecule has 0 spiro atoms. The molecule has 7 nitrogen and oxygen atoms in total. The molecule has 1 atom stereocenters. The van der Waals surface area contributed by atoms with Gasteiger partial charge in [-0.1, -0.05) is 24.3 Å². The van der Waals surface area contributed by atoms with Crippen LogP contribution >= 0.6 is 0 Å². The SMILES string of the molecule is CCN(C[C@H]1CCOC1)C(=O)NCc1ccc(Cn2cncn2)cc1. The van der Waals surface area contributed by atoms with Crippen LogP contribution in [0, 0.1) is 5.92 Å². The predicted octanol–water partition coefficient (Wildman–Crippen LogP) is 1.89. The van der Waals surface area contributed by atoms with Gasteiger partial charge in [-0.05, 0) is 24.5 Å². The van der Waals surface area contributed by atoms with Gasteiger partial charge in [-0.2, -0.15) is 5.10 Å². The molecule has 1 aliphatic rings. The van der Waals surface area contributed by atoms with Gasteiger partial charge in [0.15, 0.2) is 0 Å². The average molecular weight is 343 g/mol. The van der Waals surface area contributed by atoms with Gasteiger partial charge >= 0.3 is 6.03 Å². The topological polar surface area (TPSA) is 72.3 Å². The molecule has 134 valence electrons. The molecule has 3 rings (SSSR count). The number of ether oxygens (including phenoxy) is 1. The van der Waals surface area contributed by atoms with Crippen LogP contribution in [0.5, 0.6) is 0 Å². The standard InChI is InChI=1S/C18H25N5O2/c1-2-22(10-17-7-8-25-12-17)18(24)20-9-15-3-5-16(6-4-15)11-23-14-19-13-21-23/h3-6,13-14,17H,2,7-12H2,1H3,(H,20,24)/t17-/m1/s1. The molecule has 1 N–H and O–H groups in total. The molecule has 2 aromatic rings. The minimum atomic E-state index is -0.0129. The van der Waals surface area contributed by atoms with E-state index in [1.54, 1.807) is 11.0 Å². The van der Waals surface area contributed by atoms with Crippen LogP contribution < -0.4 is 5.32 Å². The summed E-state index contributed by atoms with van der Waals surface area (Å²) in [5.41, 5.74) is 2.23. The number of amides is 2. The molecule has 0 aliphatic carbocycles. The van der Waals surface area contributed by atoms with E-state index in [1.807, 2.05) is 24.0 Å². The lowest BCUT2D eigenvalue weighted by atomic mass is 10.1. The molecule has 1 fully saturated rings. The Morgan fingerprint density at radius 3 is 2.80 bits per heavy atom. The van der Waals surface area contributed by atoms with Crippen LogP contribution in [0.3, 0.4) is 0 Å². The highest BCUT2D eigenvalue weighted by Gasteiger charge is 2.21. The minimum absolute atomic E-state index is 0.0129. The summed E-state index contributed by atoms with van der Waals surface area (Å²) >= 11 is 0. The molecule has 0 saturated carbocycles. The molecule has 2 amide bonds. The van der Waals surface area contributed by atoms with E-state index in [0.29, 0.717) is 25.6 Å². The lowest BCUT2D eigenvalue weighted by Crippen LogP contribution is -2.42. The number of nitrogens with one attached hydrogen (secondary N) is 1. The lowest BCUT2D eigenvalue weighted by Gasteiger charge is -2.24. The van der Waals surface area contributed by atoms with E-state index >= 15 is 0 Å². The third-order valence-electron chi connectivity index (χ3n) is 4.45. The first-order valence-corrected chi connectivity index (χ1v) is 8.75. The number of hydrogen-bond acceptors (Lipinski definition) is 4. The Kier molecular flexibility index (Phi) is 6.00. The Balaban J connectivity index is 1.47. The Labute approximate surface area is 148 Å². The predicted molar refractivity (Wildman–Crippen MR) is 94.0 cm³/mol. The lowest BCUT2D eigenvalue weighted by molar-refractivity contribution is 0.166. The maximum Gasteiger partial charge on any atom is 0.317 e. The third-order valence-corrected chi connectivity index (χ3v) is 4.45. The second-order valence-electron chi connectivity index (χ2n) is 6.34. The van der Waals surface area contributed by atoms with Crippen molar-refractivity contribution in [3.63, 3.8) is 0 Å². The molecule has 1 saturated heterocycles. The van der Waals surface area contributed by atoms with Gasteiger partial charge in [0, 0.05) is 32.2 Å². The molecule has 0 unspecified atom stereocenters. The highest BCUT2D eigenvalue weighted by molar-refractivity contribution is 5.74. The monoisotopic (exact) mass is 343 g/mol. The van der Waals surface area contributed by atoms with Crippen LogP contribution in [0.2, 0.25) is 0 Å². The van der Waals surface area contributed by atoms with Crippen LogP contribution in [0.4, 0.5) is 4.79 Å². The van der Waals surface area contributed by atoms with Crippen molar-refractivity contribution in [3.05, 3.63) is 48.0 Å². The first-order chi connectivity index (χ1) is 12.2. The van der Waals surface area contributed by atoms with E-state index in [2.05, 4.69) is 27.5 Å². The second kappa shape index (κ2) is 8.62. The fourth-order valence-corrected chi connectivity index (χ4v) is 2.95. The van der Waals surface area contributed by atoms with E-state index in [4.69, 9.17) is 4.74 Å². The van der Waals surface area contributed by atoms with Crippen molar-refractivity contribution in [1.82, 2.24) is 25.0 Å². The van der Waals surface area contributed by atoms with Gasteiger partial charge in [0.2, 0.25) is 0 Å². The van der Waals surface area contributed by atoms with Crippen LogP contribution in [0.15, 0.2) is 36.9 Å². The van der Waals surface area contributed by atoms with Crippen molar-refractivity contribution in [2.45, 2.75) is 26.4 Å². The quantitative estimate of drug-likeness (QED) is 0.833. The fraction of sp³-hybridized carbons (Fsp3) is 0.500. The molecular weight excluding hydrogens is 318 g/mol. The Bertz CT molecular complexity index is 651. The molecule has 2 heterocycles. The van der Waals surface area contributed by atoms with Gasteiger partial charge in [0.1, 0.15) is 12.7 Å². The molecule has 25 heavy (non-hydrogen) atoms. The van der Waals surface area contributed by atoms with E-state index in [-0.39, 0.29) is 6.03 Å². The number of nitrogens with zero attached hydrogens (tertiary/aromatic N) is 4. The third kappa shape index (κ3) is 5.03. The maximum absolute atomic E-state index is 12.4. The normalized spacial score (nSPS) is 16.8. The maximum atomic E-state index is 12.4. The van der Waals surface area contributed by atoms with Gasteiger partial charge in [0.25, 0.3) is 0 Å². The summed E-state index contributed by atoms with van der Waals surface area (Å²) in [5.74, 6) is 0.460. The van der Waals surface area contributed by atoms with Crippen LogP contribution in [0.25, 0.3) is 0 Å². The van der Waals surface area contributed by atoms with Crippen molar-refractivity contribution in [2.75, 3.05) is 26.3 Å². The van der Waals surface area contributed by atoms with Gasteiger partial charge in [0.05, 0.1) is 13.2 Å². The Hall–Kier alpha value is -2.41. The molecule has 1 aliphatic heterocycles. The summed E-state index contributed by atoms with van der Waals surface area (Å²) in [7, 11) is 0. The number of benzene rings is 1. The van der Waals surface area contributed by atoms with Crippen LogP contribution in [0.1, 0.15) is 24.5 Å². The number of urea groups is 1. The van der Waals surface area contributed by atoms with Crippen molar-refractivity contribution < 1.29 is 9.53 Å². The minimum Gasteiger partial charge on any atom is -0.381 e. The summed E-state index contributed by atoms with van der Waals surface area (Å²) in [4.78, 5) is 18.2. The molecule has 1 aromatic heterocycles. The van der Waals surface area contributed by atoms with Gasteiger partial charge in [-0.25, -0.2) is 14.5 Å². The number of hydrogen-bond donors (Lipinski definition) is 1. The molecule has 1 aromatic carbocycles. The van der Waals surface area contributed by atoms with Crippen molar-refractivity contribution in [2.24, 2.45) is 5.92 Å². The first-order valence-electron chi connectivity index (χ1n) is 8.75. The molecular formula is C18H25N5O2. The molecule has 0 radical (unpaired) electrons. The first kappa shape index (κ1) is 17.4. The summed E-state index contributed by atoms with van der Waals surface area (Å²) in [6.07, 6.45) is 4.26. The number of aromatic nitrogens is 3. The summed E-state index contributed by atoms with van der Waals surface area (Å²) in [6.45, 7) is 6.27. The second-order valence-corrected chi connectivity index (χ2v) is 6.34. The van der Waals surface area contributed by atoms with Crippen molar-refractivity contribution >= 4 is 6.03 Å². The largest absolute Gasteiger partial charge is 0.381 e. The van der Waals surface area contributed by atoms with E-state index in [9.17, 15) is 4.79 Å². The van der Waals surface area contributed by atoms with Gasteiger partial charge < -0.3 is 15.0 Å². The van der Waals surface area contributed by atoms with Crippen LogP contribution in [-0.2, 0) is 17.8 Å². The molecule has 7 heteroatoms. The number of carbonyl (C=O) groups excluding carboxylic acids is 1. The smallest absolute Gasteiger partial charge is 0.317 e.